The Bertz CT molecular complexity index is 1240. The van der Waals surface area contributed by atoms with Crippen LogP contribution in [0.25, 0.3) is 10.9 Å². The fourth-order valence-electron chi connectivity index (χ4n) is 2.81. The van der Waals surface area contributed by atoms with E-state index in [4.69, 9.17) is 0 Å². The molecule has 0 saturated carbocycles. The Morgan fingerprint density at radius 1 is 1.16 bits per heavy atom. The molecule has 32 heavy (non-hydrogen) atoms. The number of halogens is 4. The molecule has 0 unspecified atom stereocenters. The fraction of sp³-hybridized carbons (Fsp3) is 0.250. The third-order valence-corrected chi connectivity index (χ3v) is 4.51. The van der Waals surface area contributed by atoms with Crippen LogP contribution in [0, 0.1) is 12.7 Å². The molecular formula is C20H17F4N5O3. The molecule has 2 amide bonds. The van der Waals surface area contributed by atoms with Crippen LogP contribution in [0.2, 0.25) is 0 Å². The molecule has 8 nitrogen and oxygen atoms in total. The van der Waals surface area contributed by atoms with Crippen molar-refractivity contribution in [2.45, 2.75) is 26.1 Å². The summed E-state index contributed by atoms with van der Waals surface area (Å²) in [6, 6.07) is 8.41. The molecule has 2 aromatic carbocycles. The highest BCUT2D eigenvalue weighted by atomic mass is 19.4. The number of amides is 2. The van der Waals surface area contributed by atoms with Crippen LogP contribution in [-0.2, 0) is 11.3 Å². The molecule has 0 aliphatic rings. The van der Waals surface area contributed by atoms with Gasteiger partial charge in [0.05, 0.1) is 11.9 Å². The van der Waals surface area contributed by atoms with Crippen molar-refractivity contribution in [3.05, 3.63) is 63.7 Å². The van der Waals surface area contributed by atoms with Gasteiger partial charge in [0.1, 0.15) is 17.9 Å². The quantitative estimate of drug-likeness (QED) is 0.561. The lowest BCUT2D eigenvalue weighted by Gasteiger charge is -2.13. The highest BCUT2D eigenvalue weighted by molar-refractivity contribution is 5.97. The first-order valence-electron chi connectivity index (χ1n) is 9.32. The number of anilines is 1. The van der Waals surface area contributed by atoms with E-state index in [0.29, 0.717) is 10.9 Å². The van der Waals surface area contributed by atoms with Gasteiger partial charge in [0.15, 0.2) is 0 Å². The van der Waals surface area contributed by atoms with Gasteiger partial charge < -0.3 is 10.6 Å². The number of fused-ring (bicyclic) bond motifs is 1. The molecule has 0 radical (unpaired) electrons. The second-order valence-corrected chi connectivity index (χ2v) is 6.86. The number of carbonyl (C=O) groups excluding carboxylic acids is 2. The van der Waals surface area contributed by atoms with Crippen LogP contribution in [0.4, 0.5) is 23.2 Å². The standard InChI is InChI=1S/C20H17F4N5O3/c1-11-14(21)8-12(18(31)25-10-20(22,23)24)9-16(11)26-17(30)6-7-29-19(32)13-4-2-3-5-15(13)27-28-29/h2-5,8-9H,6-7,10H2,1H3,(H,25,31)(H,26,30). The van der Waals surface area contributed by atoms with Crippen LogP contribution < -0.4 is 16.2 Å². The average Bonchev–Trinajstić information content (AvgIpc) is 2.74. The topological polar surface area (TPSA) is 106 Å². The molecule has 0 fully saturated rings. The predicted octanol–water partition coefficient (Wildman–Crippen LogP) is 2.56. The summed E-state index contributed by atoms with van der Waals surface area (Å²) in [5.41, 5.74) is -0.499. The lowest BCUT2D eigenvalue weighted by molar-refractivity contribution is -0.123. The predicted molar refractivity (Wildman–Crippen MR) is 107 cm³/mol. The summed E-state index contributed by atoms with van der Waals surface area (Å²) in [6.45, 7) is -0.359. The molecule has 0 bridgehead atoms. The lowest BCUT2D eigenvalue weighted by atomic mass is 10.1. The number of hydrogen-bond acceptors (Lipinski definition) is 5. The second kappa shape index (κ2) is 9.12. The number of aryl methyl sites for hydroxylation is 1. The van der Waals surface area contributed by atoms with Crippen molar-refractivity contribution in [3.63, 3.8) is 0 Å². The van der Waals surface area contributed by atoms with Gasteiger partial charge in [-0.15, -0.1) is 5.10 Å². The molecule has 0 aliphatic carbocycles. The molecule has 1 aromatic heterocycles. The first-order valence-corrected chi connectivity index (χ1v) is 9.32. The van der Waals surface area contributed by atoms with Gasteiger partial charge >= 0.3 is 6.18 Å². The maximum Gasteiger partial charge on any atom is 0.405 e. The van der Waals surface area contributed by atoms with Crippen LogP contribution in [0.3, 0.4) is 0 Å². The third kappa shape index (κ3) is 5.45. The van der Waals surface area contributed by atoms with Gasteiger partial charge in [0, 0.05) is 23.2 Å². The fourth-order valence-corrected chi connectivity index (χ4v) is 2.81. The number of hydrogen-bond donors (Lipinski definition) is 2. The van der Waals surface area contributed by atoms with Gasteiger partial charge in [-0.25, -0.2) is 9.07 Å². The Hall–Kier alpha value is -3.83. The summed E-state index contributed by atoms with van der Waals surface area (Å²) < 4.78 is 52.0. The third-order valence-electron chi connectivity index (χ3n) is 4.51. The Kier molecular flexibility index (Phi) is 6.51. The highest BCUT2D eigenvalue weighted by Crippen LogP contribution is 2.21. The van der Waals surface area contributed by atoms with Crippen molar-refractivity contribution in [2.24, 2.45) is 0 Å². The maximum absolute atomic E-state index is 14.2. The minimum atomic E-state index is -4.63. The molecule has 3 rings (SSSR count). The van der Waals surface area contributed by atoms with Crippen LogP contribution >= 0.6 is 0 Å². The molecule has 0 atom stereocenters. The second-order valence-electron chi connectivity index (χ2n) is 6.86. The minimum Gasteiger partial charge on any atom is -0.343 e. The number of alkyl halides is 3. The number of benzene rings is 2. The average molecular weight is 451 g/mol. The van der Waals surface area contributed by atoms with Crippen molar-refractivity contribution < 1.29 is 27.2 Å². The van der Waals surface area contributed by atoms with E-state index >= 15 is 0 Å². The summed E-state index contributed by atoms with van der Waals surface area (Å²) in [6.07, 6.45) is -4.85. The first kappa shape index (κ1) is 22.8. The van der Waals surface area contributed by atoms with Crippen molar-refractivity contribution in [3.8, 4) is 0 Å². The van der Waals surface area contributed by atoms with E-state index in [0.717, 1.165) is 16.8 Å². The van der Waals surface area contributed by atoms with E-state index in [2.05, 4.69) is 15.6 Å². The van der Waals surface area contributed by atoms with Crippen molar-refractivity contribution in [1.82, 2.24) is 20.3 Å². The van der Waals surface area contributed by atoms with E-state index in [1.54, 1.807) is 29.6 Å². The van der Waals surface area contributed by atoms with Crippen LogP contribution in [0.5, 0.6) is 0 Å². The zero-order valence-corrected chi connectivity index (χ0v) is 16.7. The molecule has 0 spiro atoms. The van der Waals surface area contributed by atoms with Gasteiger partial charge in [-0.05, 0) is 31.2 Å². The number of nitrogens with zero attached hydrogens (tertiary/aromatic N) is 3. The van der Waals surface area contributed by atoms with Gasteiger partial charge in [0.2, 0.25) is 5.91 Å². The molecule has 0 saturated heterocycles. The van der Waals surface area contributed by atoms with Gasteiger partial charge in [-0.3, -0.25) is 14.4 Å². The zero-order chi connectivity index (χ0) is 23.5. The molecule has 0 aliphatic heterocycles. The highest BCUT2D eigenvalue weighted by Gasteiger charge is 2.28. The largest absolute Gasteiger partial charge is 0.405 e. The summed E-state index contributed by atoms with van der Waals surface area (Å²) in [7, 11) is 0. The van der Waals surface area contributed by atoms with Gasteiger partial charge in [-0.1, -0.05) is 17.3 Å². The van der Waals surface area contributed by atoms with E-state index in [9.17, 15) is 31.9 Å². The number of carbonyl (C=O) groups is 2. The minimum absolute atomic E-state index is 0.00612. The molecule has 2 N–H and O–H groups in total. The van der Waals surface area contributed by atoms with E-state index in [-0.39, 0.29) is 29.8 Å². The van der Waals surface area contributed by atoms with Gasteiger partial charge in [0.25, 0.3) is 11.5 Å². The Morgan fingerprint density at radius 3 is 2.59 bits per heavy atom. The Labute approximate surface area is 178 Å². The van der Waals surface area contributed by atoms with E-state index < -0.39 is 35.9 Å². The number of rotatable bonds is 6. The number of nitrogens with one attached hydrogen (secondary N) is 2. The summed E-state index contributed by atoms with van der Waals surface area (Å²) >= 11 is 0. The van der Waals surface area contributed by atoms with Crippen LogP contribution in [0.15, 0.2) is 41.2 Å². The molecule has 12 heteroatoms. The Balaban J connectivity index is 1.71. The first-order chi connectivity index (χ1) is 15.0. The van der Waals surface area contributed by atoms with E-state index in [1.807, 2.05) is 0 Å². The molecular weight excluding hydrogens is 434 g/mol. The zero-order valence-electron chi connectivity index (χ0n) is 16.7. The van der Waals surface area contributed by atoms with Gasteiger partial charge in [-0.2, -0.15) is 13.2 Å². The van der Waals surface area contributed by atoms with Crippen molar-refractivity contribution in [2.75, 3.05) is 11.9 Å². The maximum atomic E-state index is 14.2. The summed E-state index contributed by atoms with van der Waals surface area (Å²) in [5.74, 6) is -2.64. The Morgan fingerprint density at radius 2 is 1.88 bits per heavy atom. The summed E-state index contributed by atoms with van der Waals surface area (Å²) in [4.78, 5) is 36.6. The summed E-state index contributed by atoms with van der Waals surface area (Å²) in [5, 5.41) is 12.0. The molecule has 3 aromatic rings. The van der Waals surface area contributed by atoms with Crippen molar-refractivity contribution in [1.29, 1.82) is 0 Å². The lowest BCUT2D eigenvalue weighted by Crippen LogP contribution is -2.33. The monoisotopic (exact) mass is 451 g/mol. The van der Waals surface area contributed by atoms with Crippen molar-refractivity contribution >= 4 is 28.4 Å². The van der Waals surface area contributed by atoms with Crippen LogP contribution in [-0.4, -0.2) is 39.5 Å². The SMILES string of the molecule is Cc1c(F)cc(C(=O)NCC(F)(F)F)cc1NC(=O)CCn1nnc2ccccc2c1=O. The smallest absolute Gasteiger partial charge is 0.343 e. The van der Waals surface area contributed by atoms with Crippen LogP contribution in [0.1, 0.15) is 22.3 Å². The number of aromatic nitrogens is 3. The van der Waals surface area contributed by atoms with E-state index in [1.165, 1.54) is 6.92 Å². The molecule has 1 heterocycles. The molecule has 168 valence electrons. The normalized spacial score (nSPS) is 11.4.